The first-order valence-electron chi connectivity index (χ1n) is 7.62. The molecule has 7 nitrogen and oxygen atoms in total. The van der Waals surface area contributed by atoms with Crippen molar-refractivity contribution in [3.8, 4) is 11.5 Å². The highest BCUT2D eigenvalue weighted by molar-refractivity contribution is 7.92. The van der Waals surface area contributed by atoms with Gasteiger partial charge in [-0.15, -0.1) is 0 Å². The molecular formula is C17H19NO6S. The van der Waals surface area contributed by atoms with Gasteiger partial charge >= 0.3 is 5.97 Å². The van der Waals surface area contributed by atoms with Crippen LogP contribution in [-0.4, -0.2) is 32.7 Å². The molecule has 0 heterocycles. The molecular weight excluding hydrogens is 346 g/mol. The molecule has 2 N–H and O–H groups in total. The number of aromatic carboxylic acids is 1. The van der Waals surface area contributed by atoms with E-state index >= 15 is 0 Å². The Morgan fingerprint density at radius 3 is 2.16 bits per heavy atom. The molecule has 0 amide bonds. The molecule has 2 aromatic carbocycles. The second-order valence-corrected chi connectivity index (χ2v) is 6.68. The van der Waals surface area contributed by atoms with Crippen molar-refractivity contribution in [3.05, 3.63) is 48.0 Å². The summed E-state index contributed by atoms with van der Waals surface area (Å²) in [5.41, 5.74) is 0.149. The van der Waals surface area contributed by atoms with Gasteiger partial charge in [-0.1, -0.05) is 6.07 Å². The van der Waals surface area contributed by atoms with E-state index in [0.717, 1.165) is 6.07 Å². The maximum absolute atomic E-state index is 12.5. The standard InChI is InChI=1S/C17H19NO6S/c1-3-23-14-9-13(10-15(11-14)24-4-2)18-25(21,22)16-7-5-6-12(8-16)17(19)20/h5-11,18H,3-4H2,1-2H3,(H,19,20). The maximum Gasteiger partial charge on any atom is 0.335 e. The summed E-state index contributed by atoms with van der Waals surface area (Å²) in [5, 5.41) is 9.01. The van der Waals surface area contributed by atoms with Crippen LogP contribution in [0.2, 0.25) is 0 Å². The van der Waals surface area contributed by atoms with Gasteiger partial charge in [0.25, 0.3) is 10.0 Å². The highest BCUT2D eigenvalue weighted by Gasteiger charge is 2.17. The summed E-state index contributed by atoms with van der Waals surface area (Å²) in [5.74, 6) is -0.273. The molecule has 0 radical (unpaired) electrons. The Hall–Kier alpha value is -2.74. The van der Waals surface area contributed by atoms with Crippen molar-refractivity contribution >= 4 is 21.7 Å². The van der Waals surface area contributed by atoms with Crippen molar-refractivity contribution in [1.82, 2.24) is 0 Å². The molecule has 0 fully saturated rings. The van der Waals surface area contributed by atoms with Crippen molar-refractivity contribution in [3.63, 3.8) is 0 Å². The van der Waals surface area contributed by atoms with Crippen LogP contribution >= 0.6 is 0 Å². The molecule has 25 heavy (non-hydrogen) atoms. The van der Waals surface area contributed by atoms with Crippen LogP contribution in [0, 0.1) is 0 Å². The monoisotopic (exact) mass is 365 g/mol. The molecule has 0 aliphatic rings. The molecule has 2 aromatic rings. The molecule has 0 saturated heterocycles. The lowest BCUT2D eigenvalue weighted by Gasteiger charge is -2.13. The number of nitrogens with one attached hydrogen (secondary N) is 1. The molecule has 0 aliphatic heterocycles. The molecule has 0 bridgehead atoms. The summed E-state index contributed by atoms with van der Waals surface area (Å²) in [6.45, 7) is 4.47. The average molecular weight is 365 g/mol. The summed E-state index contributed by atoms with van der Waals surface area (Å²) in [6.07, 6.45) is 0. The molecule has 0 aliphatic carbocycles. The van der Waals surface area contributed by atoms with E-state index in [1.54, 1.807) is 6.07 Å². The van der Waals surface area contributed by atoms with Crippen molar-refractivity contribution in [2.45, 2.75) is 18.7 Å². The minimum absolute atomic E-state index is 0.110. The summed E-state index contributed by atoms with van der Waals surface area (Å²) in [6, 6.07) is 9.85. The zero-order chi connectivity index (χ0) is 18.4. The second-order valence-electron chi connectivity index (χ2n) is 5.00. The van der Waals surface area contributed by atoms with Gasteiger partial charge in [0, 0.05) is 18.2 Å². The summed E-state index contributed by atoms with van der Waals surface area (Å²) in [4.78, 5) is 10.9. The Morgan fingerprint density at radius 2 is 1.64 bits per heavy atom. The SMILES string of the molecule is CCOc1cc(NS(=O)(=O)c2cccc(C(=O)O)c2)cc(OCC)c1. The van der Waals surface area contributed by atoms with Crippen LogP contribution in [-0.2, 0) is 10.0 Å². The maximum atomic E-state index is 12.5. The molecule has 0 aromatic heterocycles. The van der Waals surface area contributed by atoms with Gasteiger partial charge in [0.05, 0.1) is 29.4 Å². The number of carboxylic acid groups (broad SMARTS) is 1. The van der Waals surface area contributed by atoms with E-state index in [-0.39, 0.29) is 16.1 Å². The molecule has 0 saturated carbocycles. The third-order valence-corrected chi connectivity index (χ3v) is 4.52. The molecule has 0 unspecified atom stereocenters. The fourth-order valence-corrected chi connectivity index (χ4v) is 3.23. The largest absolute Gasteiger partial charge is 0.494 e. The number of ether oxygens (including phenoxy) is 2. The van der Waals surface area contributed by atoms with Gasteiger partial charge in [-0.2, -0.15) is 0 Å². The Morgan fingerprint density at radius 1 is 1.04 bits per heavy atom. The fraction of sp³-hybridized carbons (Fsp3) is 0.235. The summed E-state index contributed by atoms with van der Waals surface area (Å²) < 4.78 is 38.3. The Balaban J connectivity index is 2.36. The third-order valence-electron chi connectivity index (χ3n) is 3.15. The fourth-order valence-electron chi connectivity index (χ4n) is 2.14. The second kappa shape index (κ2) is 7.89. The molecule has 8 heteroatoms. The van der Waals surface area contributed by atoms with Gasteiger partial charge in [0.15, 0.2) is 0 Å². The van der Waals surface area contributed by atoms with Gasteiger partial charge in [-0.25, -0.2) is 13.2 Å². The lowest BCUT2D eigenvalue weighted by atomic mass is 10.2. The first-order valence-corrected chi connectivity index (χ1v) is 9.11. The van der Waals surface area contributed by atoms with Crippen molar-refractivity contribution < 1.29 is 27.8 Å². The number of hydrogen-bond donors (Lipinski definition) is 2. The van der Waals surface area contributed by atoms with Crippen LogP contribution in [0.5, 0.6) is 11.5 Å². The molecule has 0 spiro atoms. The molecule has 0 atom stereocenters. The van der Waals surface area contributed by atoms with Crippen LogP contribution in [0.25, 0.3) is 0 Å². The number of carbonyl (C=O) groups is 1. The van der Waals surface area contributed by atoms with Gasteiger partial charge in [0.2, 0.25) is 0 Å². The van der Waals surface area contributed by atoms with Gasteiger partial charge < -0.3 is 14.6 Å². The van der Waals surface area contributed by atoms with E-state index in [2.05, 4.69) is 4.72 Å². The van der Waals surface area contributed by atoms with Crippen LogP contribution in [0.15, 0.2) is 47.4 Å². The minimum Gasteiger partial charge on any atom is -0.494 e. The van der Waals surface area contributed by atoms with Crippen molar-refractivity contribution in [2.75, 3.05) is 17.9 Å². The van der Waals surface area contributed by atoms with E-state index in [4.69, 9.17) is 14.6 Å². The van der Waals surface area contributed by atoms with Crippen molar-refractivity contribution in [2.24, 2.45) is 0 Å². The number of benzene rings is 2. The minimum atomic E-state index is -3.96. The van der Waals surface area contributed by atoms with E-state index in [0.29, 0.717) is 24.7 Å². The summed E-state index contributed by atoms with van der Waals surface area (Å²) >= 11 is 0. The first-order chi connectivity index (χ1) is 11.9. The number of carboxylic acids is 1. The average Bonchev–Trinajstić information content (AvgIpc) is 2.55. The first kappa shape index (κ1) is 18.6. The highest BCUT2D eigenvalue weighted by atomic mass is 32.2. The zero-order valence-electron chi connectivity index (χ0n) is 13.9. The molecule has 134 valence electrons. The zero-order valence-corrected chi connectivity index (χ0v) is 14.7. The third kappa shape index (κ3) is 4.87. The van der Waals surface area contributed by atoms with Gasteiger partial charge in [-0.3, -0.25) is 4.72 Å². The number of hydrogen-bond acceptors (Lipinski definition) is 5. The lowest BCUT2D eigenvalue weighted by Crippen LogP contribution is -2.14. The van der Waals surface area contributed by atoms with Crippen molar-refractivity contribution in [1.29, 1.82) is 0 Å². The number of anilines is 1. The smallest absolute Gasteiger partial charge is 0.335 e. The van der Waals surface area contributed by atoms with Crippen LogP contribution < -0.4 is 14.2 Å². The van der Waals surface area contributed by atoms with E-state index in [1.165, 1.54) is 30.3 Å². The normalized spacial score (nSPS) is 11.0. The Labute approximate surface area is 146 Å². The van der Waals surface area contributed by atoms with Crippen LogP contribution in [0.3, 0.4) is 0 Å². The number of sulfonamides is 1. The lowest BCUT2D eigenvalue weighted by molar-refractivity contribution is 0.0696. The van der Waals surface area contributed by atoms with Crippen LogP contribution in [0.1, 0.15) is 24.2 Å². The van der Waals surface area contributed by atoms with Gasteiger partial charge in [0.1, 0.15) is 11.5 Å². The predicted molar refractivity (Wildman–Crippen MR) is 93.0 cm³/mol. The topological polar surface area (TPSA) is 102 Å². The quantitative estimate of drug-likeness (QED) is 0.746. The number of rotatable bonds is 8. The predicted octanol–water partition coefficient (Wildman–Crippen LogP) is 2.98. The van der Waals surface area contributed by atoms with Gasteiger partial charge in [-0.05, 0) is 32.0 Å². The van der Waals surface area contributed by atoms with E-state index < -0.39 is 16.0 Å². The Bertz CT molecular complexity index is 839. The highest BCUT2D eigenvalue weighted by Crippen LogP contribution is 2.28. The summed E-state index contributed by atoms with van der Waals surface area (Å²) in [7, 11) is -3.96. The van der Waals surface area contributed by atoms with E-state index in [9.17, 15) is 13.2 Å². The Kier molecular flexibility index (Phi) is 5.87. The van der Waals surface area contributed by atoms with Crippen LogP contribution in [0.4, 0.5) is 5.69 Å². The van der Waals surface area contributed by atoms with E-state index in [1.807, 2.05) is 13.8 Å². The molecule has 2 rings (SSSR count).